The molecule has 0 radical (unpaired) electrons. The van der Waals surface area contributed by atoms with E-state index in [-0.39, 0.29) is 18.2 Å². The molecule has 0 aliphatic rings. The lowest BCUT2D eigenvalue weighted by molar-refractivity contribution is 0.103. The Labute approximate surface area is 150 Å². The predicted molar refractivity (Wildman–Crippen MR) is 93.5 cm³/mol. The number of carbonyl (C=O) groups excluding carboxylic acids is 1. The molecule has 0 spiro atoms. The molecule has 2 aromatic rings. The second-order valence-corrected chi connectivity index (χ2v) is 7.57. The Bertz CT molecular complexity index is 786. The lowest BCUT2D eigenvalue weighted by Crippen LogP contribution is -2.12. The van der Waals surface area contributed by atoms with Crippen molar-refractivity contribution < 1.29 is 27.8 Å². The summed E-state index contributed by atoms with van der Waals surface area (Å²) in [5.74, 6) is 0.445. The maximum atomic E-state index is 11.5. The topological polar surface area (TPSA) is 93.4 Å². The molecule has 25 heavy (non-hydrogen) atoms. The van der Waals surface area contributed by atoms with Crippen molar-refractivity contribution in [2.45, 2.75) is 27.7 Å². The van der Waals surface area contributed by atoms with Gasteiger partial charge in [0.1, 0.15) is 0 Å². The first kappa shape index (κ1) is 19.6. The van der Waals surface area contributed by atoms with Crippen LogP contribution < -0.4 is 9.26 Å². The van der Waals surface area contributed by atoms with Crippen LogP contribution in [0.25, 0.3) is 5.65 Å². The van der Waals surface area contributed by atoms with Crippen molar-refractivity contribution in [3.63, 3.8) is 0 Å². The minimum Gasteiger partial charge on any atom is -0.434 e. The molecule has 0 aromatic carbocycles. The summed E-state index contributed by atoms with van der Waals surface area (Å²) in [6.45, 7) is 5.00. The third-order valence-corrected chi connectivity index (χ3v) is 5.22. The first-order chi connectivity index (χ1) is 11.9. The number of ether oxygens (including phenoxy) is 2. The van der Waals surface area contributed by atoms with Gasteiger partial charge in [-0.1, -0.05) is 0 Å². The molecule has 0 amide bonds. The highest BCUT2D eigenvalue weighted by Crippen LogP contribution is 2.49. The zero-order valence-electron chi connectivity index (χ0n) is 14.4. The highest BCUT2D eigenvalue weighted by molar-refractivity contribution is 8.07. The number of aromatic nitrogens is 3. The van der Waals surface area contributed by atoms with Gasteiger partial charge in [0, 0.05) is 17.9 Å². The van der Waals surface area contributed by atoms with Gasteiger partial charge in [-0.05, 0) is 27.7 Å². The van der Waals surface area contributed by atoms with E-state index in [9.17, 15) is 4.79 Å². The average Bonchev–Trinajstić information content (AvgIpc) is 2.88. The van der Waals surface area contributed by atoms with Gasteiger partial charge in [-0.25, -0.2) is 14.3 Å². The van der Waals surface area contributed by atoms with Crippen LogP contribution in [0.15, 0.2) is 12.3 Å². The molecule has 0 unspecified atom stereocenters. The van der Waals surface area contributed by atoms with Crippen molar-refractivity contribution >= 4 is 30.3 Å². The predicted octanol–water partition coefficient (Wildman–Crippen LogP) is 3.25. The Morgan fingerprint density at radius 1 is 1.24 bits per heavy atom. The van der Waals surface area contributed by atoms with Crippen molar-refractivity contribution in [1.82, 2.24) is 14.6 Å². The molecular formula is C14H20N3O6PS. The molecule has 2 aromatic heterocycles. The third kappa shape index (κ3) is 5.12. The van der Waals surface area contributed by atoms with E-state index in [4.69, 9.17) is 34.9 Å². The second-order valence-electron chi connectivity index (χ2n) is 4.64. The summed E-state index contributed by atoms with van der Waals surface area (Å²) in [5, 5.41) is 4.22. The number of nitrogens with zero attached hydrogens (tertiary/aromatic N) is 3. The third-order valence-electron chi connectivity index (χ3n) is 2.81. The lowest BCUT2D eigenvalue weighted by Gasteiger charge is -2.19. The van der Waals surface area contributed by atoms with Crippen LogP contribution in [0, 0.1) is 6.92 Å². The number of hydrogen-bond acceptors (Lipinski definition) is 9. The molecule has 11 heteroatoms. The summed E-state index contributed by atoms with van der Waals surface area (Å²) in [7, 11) is 0. The molecule has 2 rings (SSSR count). The summed E-state index contributed by atoms with van der Waals surface area (Å²) < 4.78 is 27.7. The quantitative estimate of drug-likeness (QED) is 0.498. The summed E-state index contributed by atoms with van der Waals surface area (Å²) >= 11 is 5.31. The largest absolute Gasteiger partial charge is 0.513 e. The first-order valence-corrected chi connectivity index (χ1v) is 10.3. The van der Waals surface area contributed by atoms with Crippen LogP contribution in [-0.4, -0.2) is 40.6 Å². The Kier molecular flexibility index (Phi) is 6.71. The Morgan fingerprint density at radius 3 is 2.52 bits per heavy atom. The fraction of sp³-hybridized carbons (Fsp3) is 0.500. The van der Waals surface area contributed by atoms with E-state index in [1.54, 1.807) is 33.8 Å². The summed E-state index contributed by atoms with van der Waals surface area (Å²) in [6.07, 6.45) is 0.699. The highest BCUT2D eigenvalue weighted by atomic mass is 32.5. The van der Waals surface area contributed by atoms with Crippen LogP contribution in [0.4, 0.5) is 4.79 Å². The fourth-order valence-electron chi connectivity index (χ4n) is 1.88. The molecule has 0 saturated heterocycles. The molecule has 0 bridgehead atoms. The summed E-state index contributed by atoms with van der Waals surface area (Å²) in [6, 6.07) is 1.60. The molecule has 2 heterocycles. The molecule has 0 saturated carbocycles. The standard InChI is InChI=1S/C14H20N3O6PS/c1-5-19-14(18)22-11-9-17-12(15-10(11)4)8-13(16-17)23-24(25,20-6-2)21-7-3/h8-9H,5-7H2,1-4H3. The molecule has 0 aliphatic carbocycles. The molecule has 0 fully saturated rings. The number of fused-ring (bicyclic) bond motifs is 1. The highest BCUT2D eigenvalue weighted by Gasteiger charge is 2.23. The van der Waals surface area contributed by atoms with Gasteiger partial charge >= 0.3 is 12.9 Å². The summed E-state index contributed by atoms with van der Waals surface area (Å²) in [5.41, 5.74) is 0.999. The van der Waals surface area contributed by atoms with Crippen LogP contribution >= 0.6 is 6.72 Å². The van der Waals surface area contributed by atoms with E-state index in [0.717, 1.165) is 0 Å². The van der Waals surface area contributed by atoms with E-state index in [2.05, 4.69) is 10.1 Å². The number of hydrogen-bond donors (Lipinski definition) is 0. The second kappa shape index (κ2) is 8.57. The van der Waals surface area contributed by atoms with Crippen LogP contribution in [0.3, 0.4) is 0 Å². The van der Waals surface area contributed by atoms with E-state index >= 15 is 0 Å². The molecule has 138 valence electrons. The van der Waals surface area contributed by atoms with Gasteiger partial charge < -0.3 is 14.0 Å². The van der Waals surface area contributed by atoms with Gasteiger partial charge in [-0.3, -0.25) is 9.05 Å². The molecule has 0 N–H and O–H groups in total. The van der Waals surface area contributed by atoms with Crippen molar-refractivity contribution in [2.75, 3.05) is 19.8 Å². The van der Waals surface area contributed by atoms with Crippen LogP contribution in [-0.2, 0) is 25.6 Å². The van der Waals surface area contributed by atoms with Crippen LogP contribution in [0.1, 0.15) is 26.5 Å². The fourth-order valence-corrected chi connectivity index (χ4v) is 3.87. The van der Waals surface area contributed by atoms with Crippen molar-refractivity contribution in [1.29, 1.82) is 0 Å². The molecule has 0 aliphatic heterocycles. The van der Waals surface area contributed by atoms with Crippen LogP contribution in [0.5, 0.6) is 11.6 Å². The van der Waals surface area contributed by atoms with Gasteiger partial charge in [0.2, 0.25) is 5.88 Å². The molecule has 0 atom stereocenters. The summed E-state index contributed by atoms with van der Waals surface area (Å²) in [4.78, 5) is 15.8. The van der Waals surface area contributed by atoms with Crippen molar-refractivity contribution in [3.8, 4) is 11.6 Å². The van der Waals surface area contributed by atoms with Gasteiger partial charge in [0.25, 0.3) is 0 Å². The van der Waals surface area contributed by atoms with E-state index < -0.39 is 12.9 Å². The minimum absolute atomic E-state index is 0.213. The van der Waals surface area contributed by atoms with Gasteiger partial charge in [0.05, 0.1) is 31.7 Å². The zero-order valence-corrected chi connectivity index (χ0v) is 16.1. The Hall–Kier alpha value is -1.74. The van der Waals surface area contributed by atoms with E-state index in [1.165, 1.54) is 10.7 Å². The number of aryl methyl sites for hydroxylation is 1. The van der Waals surface area contributed by atoms with Crippen molar-refractivity contribution in [2.24, 2.45) is 0 Å². The first-order valence-electron chi connectivity index (χ1n) is 7.71. The van der Waals surface area contributed by atoms with Crippen LogP contribution in [0.2, 0.25) is 0 Å². The Balaban J connectivity index is 2.27. The average molecular weight is 389 g/mol. The van der Waals surface area contributed by atoms with E-state index in [0.29, 0.717) is 24.6 Å². The van der Waals surface area contributed by atoms with Gasteiger partial charge in [0.15, 0.2) is 11.4 Å². The normalized spacial score (nSPS) is 11.5. The molecular weight excluding hydrogens is 369 g/mol. The van der Waals surface area contributed by atoms with Gasteiger partial charge in [-0.15, -0.1) is 5.10 Å². The number of rotatable bonds is 8. The maximum Gasteiger partial charge on any atom is 0.513 e. The Morgan fingerprint density at radius 2 is 1.92 bits per heavy atom. The monoisotopic (exact) mass is 389 g/mol. The maximum absolute atomic E-state index is 11.5. The molecule has 9 nitrogen and oxygen atoms in total. The zero-order chi connectivity index (χ0) is 18.4. The SMILES string of the molecule is CCOC(=O)Oc1cn2nc(OP(=S)(OCC)OCC)cc2nc1C. The van der Waals surface area contributed by atoms with Gasteiger partial charge in [-0.2, -0.15) is 0 Å². The smallest absolute Gasteiger partial charge is 0.434 e. The van der Waals surface area contributed by atoms with Crippen molar-refractivity contribution in [3.05, 3.63) is 18.0 Å². The van der Waals surface area contributed by atoms with E-state index in [1.807, 2.05) is 0 Å². The number of carbonyl (C=O) groups is 1. The lowest BCUT2D eigenvalue weighted by atomic mass is 10.4. The minimum atomic E-state index is -2.93.